The minimum atomic E-state index is 0.0492. The summed E-state index contributed by atoms with van der Waals surface area (Å²) in [5.74, 6) is 0.0492. The number of hydrogen-bond acceptors (Lipinski definition) is 3. The zero-order valence-electron chi connectivity index (χ0n) is 18.1. The van der Waals surface area contributed by atoms with Crippen molar-refractivity contribution in [2.45, 2.75) is 52.7 Å². The van der Waals surface area contributed by atoms with E-state index in [-0.39, 0.29) is 5.91 Å². The molecule has 5 heteroatoms. The van der Waals surface area contributed by atoms with Gasteiger partial charge in [0.05, 0.1) is 18.8 Å². The molecule has 0 saturated carbocycles. The number of fused-ring (bicyclic) bond motifs is 1. The van der Waals surface area contributed by atoms with Crippen LogP contribution in [0.15, 0.2) is 54.6 Å². The van der Waals surface area contributed by atoms with Crippen LogP contribution in [0.25, 0.3) is 0 Å². The van der Waals surface area contributed by atoms with E-state index in [1.807, 2.05) is 29.8 Å². The lowest BCUT2D eigenvalue weighted by molar-refractivity contribution is -0.120. The number of carbonyl (C=O) groups excluding carboxylic acids is 1. The van der Waals surface area contributed by atoms with Gasteiger partial charge in [-0.2, -0.15) is 5.10 Å². The molecule has 5 nitrogen and oxygen atoms in total. The fourth-order valence-electron chi connectivity index (χ4n) is 4.30. The summed E-state index contributed by atoms with van der Waals surface area (Å²) in [6, 6.07) is 19.1. The summed E-state index contributed by atoms with van der Waals surface area (Å²) in [6.07, 6.45) is 2.16. The van der Waals surface area contributed by atoms with Gasteiger partial charge in [0.2, 0.25) is 5.91 Å². The topological polar surface area (TPSA) is 50.2 Å². The lowest BCUT2D eigenvalue weighted by Gasteiger charge is -2.36. The van der Waals surface area contributed by atoms with Gasteiger partial charge in [0.25, 0.3) is 0 Å². The molecule has 3 aromatic rings. The first-order chi connectivity index (χ1) is 14.5. The maximum atomic E-state index is 12.8. The number of benzene rings is 2. The molecule has 30 heavy (non-hydrogen) atoms. The highest BCUT2D eigenvalue weighted by Gasteiger charge is 2.24. The first-order valence-electron chi connectivity index (χ1n) is 10.7. The van der Waals surface area contributed by atoms with Gasteiger partial charge in [0, 0.05) is 29.5 Å². The molecular weight excluding hydrogens is 372 g/mol. The van der Waals surface area contributed by atoms with Gasteiger partial charge in [0.15, 0.2) is 0 Å². The second-order valence-electron chi connectivity index (χ2n) is 8.21. The van der Waals surface area contributed by atoms with E-state index in [9.17, 15) is 4.79 Å². The highest BCUT2D eigenvalue weighted by Crippen LogP contribution is 2.30. The van der Waals surface area contributed by atoms with E-state index in [0.717, 1.165) is 36.3 Å². The van der Waals surface area contributed by atoms with Crippen molar-refractivity contribution in [2.24, 2.45) is 0 Å². The van der Waals surface area contributed by atoms with Gasteiger partial charge >= 0.3 is 0 Å². The van der Waals surface area contributed by atoms with Crippen LogP contribution in [-0.2, 0) is 24.3 Å². The summed E-state index contributed by atoms with van der Waals surface area (Å²) < 4.78 is 2.02. The Balaban J connectivity index is 1.41. The Morgan fingerprint density at radius 2 is 1.83 bits per heavy atom. The molecule has 1 atom stereocenters. The molecule has 0 fully saturated rings. The van der Waals surface area contributed by atoms with Crippen molar-refractivity contribution >= 4 is 11.6 Å². The molecule has 0 radical (unpaired) electrons. The highest BCUT2D eigenvalue weighted by molar-refractivity contribution is 5.82. The van der Waals surface area contributed by atoms with Crippen molar-refractivity contribution in [3.05, 3.63) is 82.7 Å². The van der Waals surface area contributed by atoms with Crippen LogP contribution in [0.3, 0.4) is 0 Å². The first-order valence-corrected chi connectivity index (χ1v) is 10.7. The smallest absolute Gasteiger partial charge is 0.239 e. The average Bonchev–Trinajstić information content (AvgIpc) is 3.02. The summed E-state index contributed by atoms with van der Waals surface area (Å²) in [4.78, 5) is 15.0. The van der Waals surface area contributed by atoms with E-state index in [1.54, 1.807) is 0 Å². The van der Waals surface area contributed by atoms with Crippen LogP contribution in [-0.4, -0.2) is 28.3 Å². The van der Waals surface area contributed by atoms with Gasteiger partial charge in [-0.25, -0.2) is 0 Å². The van der Waals surface area contributed by atoms with E-state index in [0.29, 0.717) is 19.1 Å². The number of aromatic nitrogens is 2. The van der Waals surface area contributed by atoms with Crippen molar-refractivity contribution in [3.63, 3.8) is 0 Å². The van der Waals surface area contributed by atoms with Crippen LogP contribution in [0.1, 0.15) is 41.4 Å². The Hall–Kier alpha value is -3.08. The lowest BCUT2D eigenvalue weighted by atomic mass is 9.96. The number of carbonyl (C=O) groups is 1. The Kier molecular flexibility index (Phi) is 5.88. The highest BCUT2D eigenvalue weighted by atomic mass is 16.2. The average molecular weight is 403 g/mol. The van der Waals surface area contributed by atoms with Crippen LogP contribution in [0, 0.1) is 13.8 Å². The van der Waals surface area contributed by atoms with Crippen LogP contribution in [0.4, 0.5) is 5.69 Å². The molecule has 0 unspecified atom stereocenters. The van der Waals surface area contributed by atoms with Crippen molar-refractivity contribution in [2.75, 3.05) is 11.4 Å². The van der Waals surface area contributed by atoms with E-state index in [1.165, 1.54) is 16.8 Å². The zero-order valence-corrected chi connectivity index (χ0v) is 18.1. The monoisotopic (exact) mass is 402 g/mol. The molecule has 1 aliphatic rings. The summed E-state index contributed by atoms with van der Waals surface area (Å²) >= 11 is 0. The van der Waals surface area contributed by atoms with E-state index < -0.39 is 0 Å². The molecule has 1 N–H and O–H groups in total. The summed E-state index contributed by atoms with van der Waals surface area (Å²) in [6.45, 7) is 7.92. The SMILES string of the molecule is Cc1nn(Cc2ccccc2)c(C)c1CNC(=O)CN1c2ccccc2CC[C@@H]1C. The van der Waals surface area contributed by atoms with Crippen molar-refractivity contribution in [1.82, 2.24) is 15.1 Å². The third-order valence-corrected chi connectivity index (χ3v) is 6.15. The fourth-order valence-corrected chi connectivity index (χ4v) is 4.30. The van der Waals surface area contributed by atoms with E-state index >= 15 is 0 Å². The van der Waals surface area contributed by atoms with Crippen molar-refractivity contribution < 1.29 is 4.79 Å². The Morgan fingerprint density at radius 1 is 1.10 bits per heavy atom. The van der Waals surface area contributed by atoms with Gasteiger partial charge in [-0.05, 0) is 50.8 Å². The molecule has 0 aliphatic carbocycles. The number of anilines is 1. The molecule has 1 amide bonds. The molecule has 4 rings (SSSR count). The van der Waals surface area contributed by atoms with Gasteiger partial charge in [-0.15, -0.1) is 0 Å². The predicted molar refractivity (Wildman–Crippen MR) is 121 cm³/mol. The van der Waals surface area contributed by atoms with Crippen LogP contribution < -0.4 is 10.2 Å². The van der Waals surface area contributed by atoms with Crippen LogP contribution >= 0.6 is 0 Å². The second kappa shape index (κ2) is 8.74. The van der Waals surface area contributed by atoms with Gasteiger partial charge in [0.1, 0.15) is 0 Å². The molecular formula is C25H30N4O. The quantitative estimate of drug-likeness (QED) is 0.678. The lowest BCUT2D eigenvalue weighted by Crippen LogP contribution is -2.44. The number of para-hydroxylation sites is 1. The number of amides is 1. The zero-order chi connectivity index (χ0) is 21.1. The molecule has 1 aliphatic heterocycles. The van der Waals surface area contributed by atoms with Gasteiger partial charge < -0.3 is 10.2 Å². The number of nitrogens with one attached hydrogen (secondary N) is 1. The van der Waals surface area contributed by atoms with Gasteiger partial charge in [-0.3, -0.25) is 9.48 Å². The van der Waals surface area contributed by atoms with Crippen LogP contribution in [0.5, 0.6) is 0 Å². The first kappa shape index (κ1) is 20.2. The molecule has 156 valence electrons. The standard InChI is InChI=1S/C25H30N4O/c1-18-13-14-22-11-7-8-12-24(22)28(18)17-25(30)26-15-23-19(2)27-29(20(23)3)16-21-9-5-4-6-10-21/h4-12,18H,13-17H2,1-3H3,(H,26,30)/t18-/m0/s1. The Bertz CT molecular complexity index is 1020. The fraction of sp³-hybridized carbons (Fsp3) is 0.360. The van der Waals surface area contributed by atoms with Crippen LogP contribution in [0.2, 0.25) is 0 Å². The second-order valence-corrected chi connectivity index (χ2v) is 8.21. The summed E-state index contributed by atoms with van der Waals surface area (Å²) in [5.41, 5.74) is 6.92. The largest absolute Gasteiger partial charge is 0.359 e. The van der Waals surface area contributed by atoms with E-state index in [4.69, 9.17) is 5.10 Å². The van der Waals surface area contributed by atoms with E-state index in [2.05, 4.69) is 60.5 Å². The number of rotatable bonds is 6. The number of nitrogens with zero attached hydrogens (tertiary/aromatic N) is 3. The predicted octanol–water partition coefficient (Wildman–Crippen LogP) is 4.01. The maximum absolute atomic E-state index is 12.8. The molecule has 0 bridgehead atoms. The minimum absolute atomic E-state index is 0.0492. The Morgan fingerprint density at radius 3 is 2.63 bits per heavy atom. The summed E-state index contributed by atoms with van der Waals surface area (Å²) in [7, 11) is 0. The van der Waals surface area contributed by atoms with Gasteiger partial charge in [-0.1, -0.05) is 48.5 Å². The molecule has 1 aromatic heterocycles. The number of hydrogen-bond donors (Lipinski definition) is 1. The third kappa shape index (κ3) is 4.25. The molecule has 0 saturated heterocycles. The summed E-state index contributed by atoms with van der Waals surface area (Å²) in [5, 5.41) is 7.82. The third-order valence-electron chi connectivity index (χ3n) is 6.15. The molecule has 2 aromatic carbocycles. The molecule has 2 heterocycles. The Labute approximate surface area is 178 Å². The maximum Gasteiger partial charge on any atom is 0.239 e. The minimum Gasteiger partial charge on any atom is -0.359 e. The number of aryl methyl sites for hydroxylation is 2. The molecule has 0 spiro atoms. The normalized spacial score (nSPS) is 15.7. The van der Waals surface area contributed by atoms with Crippen molar-refractivity contribution in [3.8, 4) is 0 Å². The van der Waals surface area contributed by atoms with Crippen molar-refractivity contribution in [1.29, 1.82) is 0 Å².